The van der Waals surface area contributed by atoms with Crippen LogP contribution in [0.3, 0.4) is 0 Å². The molecule has 0 fully saturated rings. The molecule has 168 valence electrons. The number of fused-ring (bicyclic) bond motifs is 3. The van der Waals surface area contributed by atoms with Gasteiger partial charge in [-0.25, -0.2) is 0 Å². The second-order valence-corrected chi connectivity index (χ2v) is 10.0. The molecule has 0 unspecified atom stereocenters. The molecule has 0 amide bonds. The topological polar surface area (TPSA) is 77.6 Å². The van der Waals surface area contributed by atoms with Crippen molar-refractivity contribution in [1.29, 1.82) is 0 Å². The Morgan fingerprint density at radius 3 is 2.81 bits per heavy atom. The van der Waals surface area contributed by atoms with Gasteiger partial charge < -0.3 is 19.1 Å². The normalized spacial score (nSPS) is 22.3. The average Bonchev–Trinajstić information content (AvgIpc) is 3.25. The summed E-state index contributed by atoms with van der Waals surface area (Å²) in [6.45, 7) is 12.1. The van der Waals surface area contributed by atoms with Gasteiger partial charge in [0.05, 0.1) is 6.61 Å². The van der Waals surface area contributed by atoms with E-state index in [1.54, 1.807) is 0 Å². The van der Waals surface area contributed by atoms with Crippen LogP contribution in [-0.2, 0) is 10.2 Å². The molecule has 0 radical (unpaired) electrons. The van der Waals surface area contributed by atoms with Gasteiger partial charge in [-0.1, -0.05) is 38.4 Å². The minimum atomic E-state index is -0.343. The third kappa shape index (κ3) is 4.22. The average molecular weight is 427 g/mol. The number of aromatic hydroxyl groups is 1. The van der Waals surface area contributed by atoms with Crippen LogP contribution in [0.25, 0.3) is 5.57 Å². The molecule has 2 aromatic rings. The Labute approximate surface area is 184 Å². The van der Waals surface area contributed by atoms with E-state index in [2.05, 4.69) is 56.9 Å². The SMILES string of the molecule is CCCCOCC(C)(C)c1cc(O)c2c(c1)OC(C)(C)[C@@H]1CC=C(c3ncon3)C[C@@H]21. The van der Waals surface area contributed by atoms with E-state index in [0.717, 1.165) is 54.7 Å². The van der Waals surface area contributed by atoms with Crippen LogP contribution in [0.1, 0.15) is 83.2 Å². The van der Waals surface area contributed by atoms with Crippen LogP contribution in [0.5, 0.6) is 11.5 Å². The minimum absolute atomic E-state index is 0.134. The van der Waals surface area contributed by atoms with Crippen LogP contribution >= 0.6 is 0 Å². The quantitative estimate of drug-likeness (QED) is 0.579. The van der Waals surface area contributed by atoms with Crippen molar-refractivity contribution in [3.05, 3.63) is 41.6 Å². The van der Waals surface area contributed by atoms with Crippen LogP contribution in [0.2, 0.25) is 0 Å². The number of benzene rings is 1. The zero-order chi connectivity index (χ0) is 22.2. The molecule has 6 nitrogen and oxygen atoms in total. The highest BCUT2D eigenvalue weighted by atomic mass is 16.5. The maximum absolute atomic E-state index is 11.1. The standard InChI is InChI=1S/C25H34N2O4/c1-6-7-10-29-14-24(2,3)17-12-20(28)22-18-11-16(23-26-15-30-27-23)8-9-19(18)25(4,5)31-21(22)13-17/h8,12-13,15,18-19,28H,6-7,9-11,14H2,1-5H3/t18-,19-/m1/s1. The second kappa shape index (κ2) is 8.30. The van der Waals surface area contributed by atoms with Crippen molar-refractivity contribution in [2.45, 2.75) is 77.2 Å². The molecule has 0 spiro atoms. The van der Waals surface area contributed by atoms with Gasteiger partial charge in [-0.15, -0.1) is 0 Å². The number of nitrogens with zero attached hydrogens (tertiary/aromatic N) is 2. The highest BCUT2D eigenvalue weighted by molar-refractivity contribution is 5.64. The number of phenolic OH excluding ortho intramolecular Hbond substituents is 1. The predicted octanol–water partition coefficient (Wildman–Crippen LogP) is 5.62. The van der Waals surface area contributed by atoms with Crippen molar-refractivity contribution in [3.8, 4) is 11.5 Å². The minimum Gasteiger partial charge on any atom is -0.508 e. The zero-order valence-corrected chi connectivity index (χ0v) is 19.3. The van der Waals surface area contributed by atoms with Crippen molar-refractivity contribution < 1.29 is 19.1 Å². The number of phenols is 1. The van der Waals surface area contributed by atoms with Crippen molar-refractivity contribution in [2.75, 3.05) is 13.2 Å². The number of aromatic nitrogens is 2. The number of unbranched alkanes of at least 4 members (excludes halogenated alkanes) is 1. The lowest BCUT2D eigenvalue weighted by molar-refractivity contribution is 0.00891. The first kappa shape index (κ1) is 21.9. The maximum atomic E-state index is 11.1. The van der Waals surface area contributed by atoms with Gasteiger partial charge in [0.15, 0.2) is 5.82 Å². The fourth-order valence-corrected chi connectivity index (χ4v) is 4.94. The first-order chi connectivity index (χ1) is 14.7. The van der Waals surface area contributed by atoms with Gasteiger partial charge in [-0.2, -0.15) is 4.98 Å². The first-order valence-corrected chi connectivity index (χ1v) is 11.3. The van der Waals surface area contributed by atoms with Gasteiger partial charge in [-0.05, 0) is 56.4 Å². The summed E-state index contributed by atoms with van der Waals surface area (Å²) in [5, 5.41) is 15.2. The molecule has 2 aliphatic rings. The predicted molar refractivity (Wildman–Crippen MR) is 119 cm³/mol. The Hall–Kier alpha value is -2.34. The van der Waals surface area contributed by atoms with E-state index in [9.17, 15) is 5.11 Å². The highest BCUT2D eigenvalue weighted by Crippen LogP contribution is 2.55. The molecular formula is C25H34N2O4. The Kier molecular flexibility index (Phi) is 5.86. The van der Waals surface area contributed by atoms with Gasteiger partial charge >= 0.3 is 0 Å². The van der Waals surface area contributed by atoms with Crippen molar-refractivity contribution in [2.24, 2.45) is 5.92 Å². The summed E-state index contributed by atoms with van der Waals surface area (Å²) in [6, 6.07) is 4.00. The summed E-state index contributed by atoms with van der Waals surface area (Å²) in [7, 11) is 0. The summed E-state index contributed by atoms with van der Waals surface area (Å²) in [5.74, 6) is 2.10. The third-order valence-corrected chi connectivity index (χ3v) is 6.84. The van der Waals surface area contributed by atoms with Gasteiger partial charge in [0, 0.05) is 29.4 Å². The number of hydrogen-bond acceptors (Lipinski definition) is 6. The summed E-state index contributed by atoms with van der Waals surface area (Å²) in [5.41, 5.74) is 2.41. The number of allylic oxidation sites excluding steroid dienone is 2. The smallest absolute Gasteiger partial charge is 0.214 e. The summed E-state index contributed by atoms with van der Waals surface area (Å²) in [6.07, 6.45) is 7.32. The third-order valence-electron chi connectivity index (χ3n) is 6.84. The lowest BCUT2D eigenvalue weighted by atomic mass is 9.66. The van der Waals surface area contributed by atoms with E-state index in [1.807, 2.05) is 6.07 Å². The van der Waals surface area contributed by atoms with Gasteiger partial charge in [0.1, 0.15) is 17.1 Å². The molecule has 0 saturated carbocycles. The Balaban J connectivity index is 1.66. The highest BCUT2D eigenvalue weighted by Gasteiger charge is 2.47. The van der Waals surface area contributed by atoms with Crippen molar-refractivity contribution in [1.82, 2.24) is 10.1 Å². The molecule has 4 rings (SSSR count). The number of rotatable bonds is 7. The van der Waals surface area contributed by atoms with Crippen LogP contribution in [0.4, 0.5) is 0 Å². The Morgan fingerprint density at radius 1 is 1.29 bits per heavy atom. The number of hydrogen-bond donors (Lipinski definition) is 1. The fourth-order valence-electron chi connectivity index (χ4n) is 4.94. The molecule has 31 heavy (non-hydrogen) atoms. The van der Waals surface area contributed by atoms with Crippen LogP contribution < -0.4 is 4.74 Å². The molecule has 0 saturated heterocycles. The van der Waals surface area contributed by atoms with E-state index >= 15 is 0 Å². The van der Waals surface area contributed by atoms with Crippen LogP contribution in [0.15, 0.2) is 29.1 Å². The van der Waals surface area contributed by atoms with E-state index in [4.69, 9.17) is 14.0 Å². The van der Waals surface area contributed by atoms with E-state index < -0.39 is 0 Å². The molecule has 1 aliphatic heterocycles. The molecule has 1 N–H and O–H groups in total. The molecule has 2 heterocycles. The summed E-state index contributed by atoms with van der Waals surface area (Å²) < 4.78 is 17.4. The number of ether oxygens (including phenoxy) is 2. The maximum Gasteiger partial charge on any atom is 0.214 e. The van der Waals surface area contributed by atoms with Crippen LogP contribution in [-0.4, -0.2) is 34.1 Å². The summed E-state index contributed by atoms with van der Waals surface area (Å²) >= 11 is 0. The summed E-state index contributed by atoms with van der Waals surface area (Å²) in [4.78, 5) is 4.23. The van der Waals surface area contributed by atoms with Gasteiger partial charge in [-0.3, -0.25) is 0 Å². The second-order valence-electron chi connectivity index (χ2n) is 10.0. The molecule has 2 atom stereocenters. The van der Waals surface area contributed by atoms with Gasteiger partial charge in [0.2, 0.25) is 6.39 Å². The molecule has 1 aliphatic carbocycles. The first-order valence-electron chi connectivity index (χ1n) is 11.3. The molecule has 1 aromatic carbocycles. The fraction of sp³-hybridized carbons (Fsp3) is 0.600. The molecular weight excluding hydrogens is 392 g/mol. The van der Waals surface area contributed by atoms with E-state index in [0.29, 0.717) is 18.2 Å². The van der Waals surface area contributed by atoms with E-state index in [-0.39, 0.29) is 22.9 Å². The van der Waals surface area contributed by atoms with Crippen molar-refractivity contribution in [3.63, 3.8) is 0 Å². The van der Waals surface area contributed by atoms with Gasteiger partial charge in [0.25, 0.3) is 0 Å². The molecule has 0 bridgehead atoms. The molecule has 6 heteroatoms. The largest absolute Gasteiger partial charge is 0.508 e. The molecule has 1 aromatic heterocycles. The Bertz CT molecular complexity index is 947. The van der Waals surface area contributed by atoms with E-state index in [1.165, 1.54) is 6.39 Å². The zero-order valence-electron chi connectivity index (χ0n) is 19.3. The monoisotopic (exact) mass is 426 g/mol. The Morgan fingerprint density at radius 2 is 2.10 bits per heavy atom. The van der Waals surface area contributed by atoms with Crippen molar-refractivity contribution >= 4 is 5.57 Å². The lowest BCUT2D eigenvalue weighted by Gasteiger charge is -2.47. The lowest BCUT2D eigenvalue weighted by Crippen LogP contribution is -2.45. The van der Waals surface area contributed by atoms with Crippen LogP contribution in [0, 0.1) is 5.92 Å².